The number of benzene rings is 1. The van der Waals surface area contributed by atoms with Crippen LogP contribution < -0.4 is 10.2 Å². The van der Waals surface area contributed by atoms with Gasteiger partial charge in [-0.3, -0.25) is 14.4 Å². The molecule has 1 N–H and O–H groups in total. The number of hydrogen-bond acceptors (Lipinski definition) is 5. The minimum absolute atomic E-state index is 0.0114. The number of carbonyl (C=O) groups excluding carboxylic acids is 1. The molecule has 1 aliphatic rings. The Kier molecular flexibility index (Phi) is 5.77. The molecular formula is C20H26N6O. The van der Waals surface area contributed by atoms with Crippen LogP contribution in [0.1, 0.15) is 23.9 Å². The van der Waals surface area contributed by atoms with Gasteiger partial charge < -0.3 is 10.2 Å². The molecule has 0 unspecified atom stereocenters. The normalized spacial score (nSPS) is 14.8. The van der Waals surface area contributed by atoms with E-state index >= 15 is 0 Å². The molecule has 1 amide bonds. The van der Waals surface area contributed by atoms with Crippen molar-refractivity contribution in [3.05, 3.63) is 41.2 Å². The van der Waals surface area contributed by atoms with Crippen LogP contribution in [0.25, 0.3) is 0 Å². The average molecular weight is 366 g/mol. The molecule has 0 aliphatic carbocycles. The molecule has 3 rings (SSSR count). The number of para-hydroxylation sites is 1. The van der Waals surface area contributed by atoms with E-state index in [1.807, 2.05) is 49.7 Å². The lowest BCUT2D eigenvalue weighted by Gasteiger charge is -2.36. The van der Waals surface area contributed by atoms with Gasteiger partial charge in [0.1, 0.15) is 6.07 Å². The molecule has 7 nitrogen and oxygen atoms in total. The standard InChI is InChI=1S/C20H26N6O/c1-4-26-16(3)20(15(2)23-26)22-19(27)14-24-9-11-25(12-10-24)18-8-6-5-7-17(18)13-21/h5-8H,4,9-12,14H2,1-3H3,(H,22,27). The predicted molar refractivity (Wildman–Crippen MR) is 106 cm³/mol. The second-order valence-electron chi connectivity index (χ2n) is 6.80. The minimum Gasteiger partial charge on any atom is -0.368 e. The van der Waals surface area contributed by atoms with Crippen LogP contribution in [0.2, 0.25) is 0 Å². The van der Waals surface area contributed by atoms with Gasteiger partial charge in [-0.15, -0.1) is 0 Å². The van der Waals surface area contributed by atoms with Crippen LogP contribution in [0.4, 0.5) is 11.4 Å². The second kappa shape index (κ2) is 8.23. The summed E-state index contributed by atoms with van der Waals surface area (Å²) in [6.45, 7) is 10.3. The number of anilines is 2. The topological polar surface area (TPSA) is 77.2 Å². The Labute approximate surface area is 160 Å². The van der Waals surface area contributed by atoms with Crippen LogP contribution in [-0.4, -0.2) is 53.3 Å². The second-order valence-corrected chi connectivity index (χ2v) is 6.80. The van der Waals surface area contributed by atoms with E-state index in [9.17, 15) is 10.1 Å². The summed E-state index contributed by atoms with van der Waals surface area (Å²) in [6.07, 6.45) is 0. The fourth-order valence-electron chi connectivity index (χ4n) is 3.56. The monoisotopic (exact) mass is 366 g/mol. The quantitative estimate of drug-likeness (QED) is 0.877. The van der Waals surface area contributed by atoms with E-state index < -0.39 is 0 Å². The lowest BCUT2D eigenvalue weighted by atomic mass is 10.1. The highest BCUT2D eigenvalue weighted by Crippen LogP contribution is 2.22. The van der Waals surface area contributed by atoms with Gasteiger partial charge in [-0.2, -0.15) is 10.4 Å². The highest BCUT2D eigenvalue weighted by atomic mass is 16.2. The first-order valence-corrected chi connectivity index (χ1v) is 9.33. The summed E-state index contributed by atoms with van der Waals surface area (Å²) in [5.41, 5.74) is 4.33. The molecule has 1 aliphatic heterocycles. The van der Waals surface area contributed by atoms with Crippen LogP contribution in [0.5, 0.6) is 0 Å². The van der Waals surface area contributed by atoms with E-state index in [0.717, 1.165) is 55.5 Å². The van der Waals surface area contributed by atoms with Crippen molar-refractivity contribution in [1.29, 1.82) is 5.26 Å². The Bertz CT molecular complexity index is 858. The number of amides is 1. The molecule has 0 spiro atoms. The maximum absolute atomic E-state index is 12.5. The molecule has 1 saturated heterocycles. The molecule has 7 heteroatoms. The Balaban J connectivity index is 1.56. The molecule has 142 valence electrons. The highest BCUT2D eigenvalue weighted by Gasteiger charge is 2.21. The fourth-order valence-corrected chi connectivity index (χ4v) is 3.56. The molecule has 1 aromatic heterocycles. The van der Waals surface area contributed by atoms with E-state index in [1.165, 1.54) is 0 Å². The summed E-state index contributed by atoms with van der Waals surface area (Å²) < 4.78 is 1.90. The Morgan fingerprint density at radius 3 is 2.56 bits per heavy atom. The maximum atomic E-state index is 12.5. The molecule has 2 heterocycles. The van der Waals surface area contributed by atoms with Crippen LogP contribution in [0.3, 0.4) is 0 Å². The van der Waals surface area contributed by atoms with Crippen molar-refractivity contribution in [2.75, 3.05) is 42.9 Å². The lowest BCUT2D eigenvalue weighted by Crippen LogP contribution is -2.48. The van der Waals surface area contributed by atoms with Crippen LogP contribution in [0.15, 0.2) is 24.3 Å². The van der Waals surface area contributed by atoms with E-state index in [1.54, 1.807) is 0 Å². The van der Waals surface area contributed by atoms with Crippen LogP contribution in [0, 0.1) is 25.2 Å². The smallest absolute Gasteiger partial charge is 0.238 e. The van der Waals surface area contributed by atoms with E-state index in [2.05, 4.69) is 26.3 Å². The van der Waals surface area contributed by atoms with Gasteiger partial charge >= 0.3 is 0 Å². The van der Waals surface area contributed by atoms with E-state index in [4.69, 9.17) is 0 Å². The van der Waals surface area contributed by atoms with Gasteiger partial charge in [-0.25, -0.2) is 0 Å². The summed E-state index contributed by atoms with van der Waals surface area (Å²) in [6, 6.07) is 9.92. The number of hydrogen-bond donors (Lipinski definition) is 1. The van der Waals surface area contributed by atoms with Gasteiger partial charge in [0.15, 0.2) is 0 Å². The lowest BCUT2D eigenvalue weighted by molar-refractivity contribution is -0.117. The number of carbonyl (C=O) groups is 1. The Hall–Kier alpha value is -2.85. The van der Waals surface area contributed by atoms with Gasteiger partial charge in [0.25, 0.3) is 0 Å². The van der Waals surface area contributed by atoms with Crippen molar-refractivity contribution in [2.24, 2.45) is 0 Å². The van der Waals surface area contributed by atoms with Crippen molar-refractivity contribution < 1.29 is 4.79 Å². The Morgan fingerprint density at radius 1 is 1.22 bits per heavy atom. The van der Waals surface area contributed by atoms with Crippen molar-refractivity contribution >= 4 is 17.3 Å². The molecule has 0 atom stereocenters. The summed E-state index contributed by atoms with van der Waals surface area (Å²) in [4.78, 5) is 16.9. The maximum Gasteiger partial charge on any atom is 0.238 e. The zero-order chi connectivity index (χ0) is 19.4. The third kappa shape index (κ3) is 4.12. The van der Waals surface area contributed by atoms with Crippen LogP contribution >= 0.6 is 0 Å². The minimum atomic E-state index is -0.0114. The number of aromatic nitrogens is 2. The first kappa shape index (κ1) is 18.9. The zero-order valence-corrected chi connectivity index (χ0v) is 16.2. The molecule has 0 bridgehead atoms. The number of nitriles is 1. The highest BCUT2D eigenvalue weighted by molar-refractivity contribution is 5.93. The van der Waals surface area contributed by atoms with Gasteiger partial charge in [0, 0.05) is 32.7 Å². The number of rotatable bonds is 5. The van der Waals surface area contributed by atoms with Crippen molar-refractivity contribution in [2.45, 2.75) is 27.3 Å². The summed E-state index contributed by atoms with van der Waals surface area (Å²) in [5.74, 6) is -0.0114. The molecule has 1 aromatic carbocycles. The van der Waals surface area contributed by atoms with Gasteiger partial charge in [-0.1, -0.05) is 12.1 Å². The third-order valence-electron chi connectivity index (χ3n) is 5.05. The summed E-state index contributed by atoms with van der Waals surface area (Å²) in [7, 11) is 0. The number of nitrogens with zero attached hydrogens (tertiary/aromatic N) is 5. The fraction of sp³-hybridized carbons (Fsp3) is 0.450. The third-order valence-corrected chi connectivity index (χ3v) is 5.05. The molecule has 0 saturated carbocycles. The molecule has 27 heavy (non-hydrogen) atoms. The predicted octanol–water partition coefficient (Wildman–Crippen LogP) is 2.15. The van der Waals surface area contributed by atoms with Gasteiger partial charge in [-0.05, 0) is 32.9 Å². The molecular weight excluding hydrogens is 340 g/mol. The SMILES string of the molecule is CCn1nc(C)c(NC(=O)CN2CCN(c3ccccc3C#N)CC2)c1C. The largest absolute Gasteiger partial charge is 0.368 e. The molecule has 0 radical (unpaired) electrons. The van der Waals surface area contributed by atoms with E-state index in [-0.39, 0.29) is 5.91 Å². The van der Waals surface area contributed by atoms with Crippen molar-refractivity contribution in [1.82, 2.24) is 14.7 Å². The van der Waals surface area contributed by atoms with Gasteiger partial charge in [0.2, 0.25) is 5.91 Å². The summed E-state index contributed by atoms with van der Waals surface area (Å²) >= 11 is 0. The molecule has 2 aromatic rings. The van der Waals surface area contributed by atoms with Crippen LogP contribution in [-0.2, 0) is 11.3 Å². The molecule has 1 fully saturated rings. The zero-order valence-electron chi connectivity index (χ0n) is 16.2. The van der Waals surface area contributed by atoms with Crippen molar-refractivity contribution in [3.8, 4) is 6.07 Å². The Morgan fingerprint density at radius 2 is 1.93 bits per heavy atom. The first-order valence-electron chi connectivity index (χ1n) is 9.33. The van der Waals surface area contributed by atoms with E-state index in [0.29, 0.717) is 12.1 Å². The number of nitrogens with one attached hydrogen (secondary N) is 1. The van der Waals surface area contributed by atoms with Crippen molar-refractivity contribution in [3.63, 3.8) is 0 Å². The number of piperazine rings is 1. The van der Waals surface area contributed by atoms with Gasteiger partial charge in [0.05, 0.1) is 34.9 Å². The summed E-state index contributed by atoms with van der Waals surface area (Å²) in [5, 5.41) is 16.7. The average Bonchev–Trinajstić information content (AvgIpc) is 2.96. The first-order chi connectivity index (χ1) is 13.0. The number of aryl methyl sites for hydroxylation is 2.